The molecule has 0 saturated heterocycles. The number of methoxy groups -OCH3 is 2. The summed E-state index contributed by atoms with van der Waals surface area (Å²) in [7, 11) is 1.41. The van der Waals surface area contributed by atoms with Crippen LogP contribution in [0.4, 0.5) is 17.1 Å². The maximum absolute atomic E-state index is 13.1. The Kier molecular flexibility index (Phi) is 9.83. The third-order valence-electron chi connectivity index (χ3n) is 8.09. The van der Waals surface area contributed by atoms with E-state index in [9.17, 15) is 4.79 Å². The van der Waals surface area contributed by atoms with Gasteiger partial charge in [0.2, 0.25) is 0 Å². The SMILES string of the molecule is COc1ccc(NCc2ccc(C(=O)Nc3cc(-c4ccc(CO[Si](C)(C)C(C)(C)C)cc4)ccc3N)cc2)cc1OC. The Morgan fingerprint density at radius 3 is 2.05 bits per heavy atom. The van der Waals surface area contributed by atoms with Crippen LogP contribution in [0.3, 0.4) is 0 Å². The number of hydrogen-bond donors (Lipinski definition) is 3. The van der Waals surface area contributed by atoms with Gasteiger partial charge in [-0.25, -0.2) is 0 Å². The van der Waals surface area contributed by atoms with Crippen molar-refractivity contribution >= 4 is 31.3 Å². The first-order chi connectivity index (χ1) is 20.4. The third kappa shape index (κ3) is 7.97. The standard InChI is InChI=1S/C35H43N3O4Si/c1-35(2,3)43(6,7)42-23-25-10-12-26(13-11-25)28-16-18-30(36)31(20-28)38-34(39)27-14-8-24(9-15-27)22-37-29-17-19-32(40-4)33(21-29)41-5/h8-21,37H,22-23,36H2,1-7H3,(H,38,39). The molecule has 4 N–H and O–H groups in total. The number of nitrogens with two attached hydrogens (primary N) is 1. The van der Waals surface area contributed by atoms with Crippen LogP contribution < -0.4 is 25.8 Å². The molecule has 0 saturated carbocycles. The number of benzene rings is 4. The molecule has 226 valence electrons. The van der Waals surface area contributed by atoms with E-state index in [0.717, 1.165) is 27.9 Å². The number of carbonyl (C=O) groups excluding carboxylic acids is 1. The molecule has 4 rings (SSSR count). The second-order valence-corrected chi connectivity index (χ2v) is 16.9. The lowest BCUT2D eigenvalue weighted by atomic mass is 10.0. The number of nitrogen functional groups attached to an aromatic ring is 1. The van der Waals surface area contributed by atoms with E-state index in [1.165, 1.54) is 0 Å². The summed E-state index contributed by atoms with van der Waals surface area (Å²) in [5.74, 6) is 1.11. The van der Waals surface area contributed by atoms with Crippen molar-refractivity contribution < 1.29 is 18.7 Å². The minimum absolute atomic E-state index is 0.171. The molecule has 0 aliphatic rings. The highest BCUT2D eigenvalue weighted by Crippen LogP contribution is 2.37. The number of ether oxygens (including phenoxy) is 2. The molecule has 7 nitrogen and oxygen atoms in total. The van der Waals surface area contributed by atoms with E-state index < -0.39 is 8.32 Å². The van der Waals surface area contributed by atoms with Crippen LogP contribution in [0.2, 0.25) is 18.1 Å². The summed E-state index contributed by atoms with van der Waals surface area (Å²) < 4.78 is 17.0. The number of hydrogen-bond acceptors (Lipinski definition) is 6. The Balaban J connectivity index is 1.38. The molecule has 0 heterocycles. The highest BCUT2D eigenvalue weighted by Gasteiger charge is 2.37. The fraction of sp³-hybridized carbons (Fsp3) is 0.286. The zero-order valence-corrected chi connectivity index (χ0v) is 27.2. The highest BCUT2D eigenvalue weighted by atomic mass is 28.4. The molecule has 8 heteroatoms. The molecule has 43 heavy (non-hydrogen) atoms. The summed E-state index contributed by atoms with van der Waals surface area (Å²) in [5, 5.41) is 6.52. The van der Waals surface area contributed by atoms with Gasteiger partial charge in [-0.05, 0) is 76.8 Å². The van der Waals surface area contributed by atoms with E-state index in [1.54, 1.807) is 14.2 Å². The zero-order chi connectivity index (χ0) is 31.2. The molecule has 0 aliphatic carbocycles. The van der Waals surface area contributed by atoms with Crippen LogP contribution in [-0.4, -0.2) is 28.4 Å². The Hall–Kier alpha value is -4.27. The van der Waals surface area contributed by atoms with Gasteiger partial charge in [-0.1, -0.05) is 63.2 Å². The monoisotopic (exact) mass is 597 g/mol. The summed E-state index contributed by atoms with van der Waals surface area (Å²) in [6, 6.07) is 27.2. The number of rotatable bonds is 11. The van der Waals surface area contributed by atoms with Crippen molar-refractivity contribution in [2.24, 2.45) is 0 Å². The number of carbonyl (C=O) groups is 1. The summed E-state index contributed by atoms with van der Waals surface area (Å²) in [5.41, 5.74) is 13.0. The van der Waals surface area contributed by atoms with Gasteiger partial charge in [-0.2, -0.15) is 0 Å². The van der Waals surface area contributed by atoms with E-state index >= 15 is 0 Å². The van der Waals surface area contributed by atoms with E-state index in [1.807, 2.05) is 60.7 Å². The van der Waals surface area contributed by atoms with Gasteiger partial charge in [0.25, 0.3) is 5.91 Å². The molecule has 0 atom stereocenters. The molecule has 1 amide bonds. The third-order valence-corrected chi connectivity index (χ3v) is 12.6. The average molecular weight is 598 g/mol. The summed E-state index contributed by atoms with van der Waals surface area (Å²) in [6.45, 7) is 12.5. The predicted octanol–water partition coefficient (Wildman–Crippen LogP) is 8.34. The van der Waals surface area contributed by atoms with Gasteiger partial charge in [-0.3, -0.25) is 4.79 Å². The fourth-order valence-corrected chi connectivity index (χ4v) is 5.20. The smallest absolute Gasteiger partial charge is 0.255 e. The van der Waals surface area contributed by atoms with Gasteiger partial charge in [0.15, 0.2) is 19.8 Å². The molecule has 0 fully saturated rings. The van der Waals surface area contributed by atoms with Gasteiger partial charge < -0.3 is 30.3 Å². The molecule has 4 aromatic carbocycles. The van der Waals surface area contributed by atoms with Crippen LogP contribution in [-0.2, 0) is 17.6 Å². The molecule has 0 spiro atoms. The molecule has 0 radical (unpaired) electrons. The quantitative estimate of drug-likeness (QED) is 0.119. The average Bonchev–Trinajstić information content (AvgIpc) is 3.00. The minimum atomic E-state index is -1.82. The predicted molar refractivity (Wildman–Crippen MR) is 180 cm³/mol. The van der Waals surface area contributed by atoms with Gasteiger partial charge >= 0.3 is 0 Å². The van der Waals surface area contributed by atoms with Crippen LogP contribution in [0.1, 0.15) is 42.3 Å². The molecule has 0 aromatic heterocycles. The Bertz CT molecular complexity index is 1550. The van der Waals surface area contributed by atoms with Crippen molar-refractivity contribution in [3.63, 3.8) is 0 Å². The molecule has 0 unspecified atom stereocenters. The van der Waals surface area contributed by atoms with Crippen LogP contribution >= 0.6 is 0 Å². The Morgan fingerprint density at radius 2 is 1.42 bits per heavy atom. The van der Waals surface area contributed by atoms with Gasteiger partial charge in [0.1, 0.15) is 0 Å². The number of nitrogens with one attached hydrogen (secondary N) is 2. The topological polar surface area (TPSA) is 94.8 Å². The van der Waals surface area contributed by atoms with Crippen LogP contribution in [0.5, 0.6) is 11.5 Å². The molecule has 0 aliphatic heterocycles. The highest BCUT2D eigenvalue weighted by molar-refractivity contribution is 6.74. The van der Waals surface area contributed by atoms with E-state index in [4.69, 9.17) is 19.6 Å². The minimum Gasteiger partial charge on any atom is -0.493 e. The maximum Gasteiger partial charge on any atom is 0.255 e. The molecule has 0 bridgehead atoms. The lowest BCUT2D eigenvalue weighted by Gasteiger charge is -2.36. The Morgan fingerprint density at radius 1 is 0.791 bits per heavy atom. The van der Waals surface area contributed by atoms with E-state index in [-0.39, 0.29) is 10.9 Å². The van der Waals surface area contributed by atoms with Crippen molar-refractivity contribution in [2.75, 3.05) is 30.6 Å². The Labute approximate surface area is 256 Å². The van der Waals surface area contributed by atoms with Crippen molar-refractivity contribution in [3.05, 3.63) is 102 Å². The van der Waals surface area contributed by atoms with Crippen LogP contribution in [0.15, 0.2) is 84.9 Å². The van der Waals surface area contributed by atoms with Gasteiger partial charge in [0.05, 0.1) is 32.2 Å². The first-order valence-electron chi connectivity index (χ1n) is 14.4. The van der Waals surface area contributed by atoms with Crippen molar-refractivity contribution in [1.82, 2.24) is 0 Å². The summed E-state index contributed by atoms with van der Waals surface area (Å²) in [6.07, 6.45) is 0. The molecular weight excluding hydrogens is 554 g/mol. The number of amides is 1. The van der Waals surface area contributed by atoms with Crippen LogP contribution in [0.25, 0.3) is 11.1 Å². The number of anilines is 3. The maximum atomic E-state index is 13.1. The normalized spacial score (nSPS) is 11.6. The van der Waals surface area contributed by atoms with Crippen molar-refractivity contribution in [2.45, 2.75) is 52.1 Å². The second kappa shape index (κ2) is 13.4. The fourth-order valence-electron chi connectivity index (χ4n) is 4.24. The van der Waals surface area contributed by atoms with E-state index in [2.05, 4.69) is 68.8 Å². The summed E-state index contributed by atoms with van der Waals surface area (Å²) in [4.78, 5) is 13.1. The molecular formula is C35H43N3O4Si. The van der Waals surface area contributed by atoms with Gasteiger partial charge in [-0.15, -0.1) is 0 Å². The van der Waals surface area contributed by atoms with Crippen molar-refractivity contribution in [1.29, 1.82) is 0 Å². The summed E-state index contributed by atoms with van der Waals surface area (Å²) >= 11 is 0. The molecule has 4 aromatic rings. The zero-order valence-electron chi connectivity index (χ0n) is 26.2. The lowest BCUT2D eigenvalue weighted by Crippen LogP contribution is -2.40. The first-order valence-corrected chi connectivity index (χ1v) is 17.3. The van der Waals surface area contributed by atoms with E-state index in [0.29, 0.717) is 41.6 Å². The first kappa shape index (κ1) is 31.7. The van der Waals surface area contributed by atoms with Crippen LogP contribution in [0, 0.1) is 0 Å². The van der Waals surface area contributed by atoms with Gasteiger partial charge in [0, 0.05) is 23.9 Å². The largest absolute Gasteiger partial charge is 0.493 e. The second-order valence-electron chi connectivity index (χ2n) is 12.1. The lowest BCUT2D eigenvalue weighted by molar-refractivity contribution is 0.102. The van der Waals surface area contributed by atoms with Crippen molar-refractivity contribution in [3.8, 4) is 22.6 Å².